The lowest BCUT2D eigenvalue weighted by molar-refractivity contribution is -0.0580. The first-order valence-corrected chi connectivity index (χ1v) is 8.55. The summed E-state index contributed by atoms with van der Waals surface area (Å²) in [4.78, 5) is 13.2. The van der Waals surface area contributed by atoms with Gasteiger partial charge in [-0.15, -0.1) is 0 Å². The fourth-order valence-corrected chi connectivity index (χ4v) is 2.69. The first kappa shape index (κ1) is 20.5. The van der Waals surface area contributed by atoms with E-state index in [-0.39, 0.29) is 25.9 Å². The fourth-order valence-electron chi connectivity index (χ4n) is 2.11. The number of halogens is 3. The Morgan fingerprint density at radius 1 is 1.25 bits per heavy atom. The van der Waals surface area contributed by atoms with E-state index in [0.717, 1.165) is 0 Å². The van der Waals surface area contributed by atoms with Gasteiger partial charge in [-0.2, -0.15) is 26.9 Å². The summed E-state index contributed by atoms with van der Waals surface area (Å²) in [5.74, 6) is -0.731. The lowest BCUT2D eigenvalue weighted by Crippen LogP contribution is -2.44. The van der Waals surface area contributed by atoms with E-state index >= 15 is 0 Å². The van der Waals surface area contributed by atoms with E-state index < -0.39 is 39.3 Å². The molecular weight excluding hydrogens is 353 g/mol. The number of hydrogen-bond donors (Lipinski definition) is 0. The van der Waals surface area contributed by atoms with E-state index in [4.69, 9.17) is 10.00 Å². The Hall–Kier alpha value is -1.54. The SMILES string of the molecule is CC(C)(C)OC(=O)N1CCC(C(C#N)OS(=O)(=O)C(F)(F)F)CC1. The minimum Gasteiger partial charge on any atom is -0.444 e. The number of amides is 1. The maximum atomic E-state index is 12.3. The highest BCUT2D eigenvalue weighted by Gasteiger charge is 2.49. The molecule has 0 spiro atoms. The molecule has 1 fully saturated rings. The highest BCUT2D eigenvalue weighted by molar-refractivity contribution is 7.87. The maximum Gasteiger partial charge on any atom is 0.523 e. The van der Waals surface area contributed by atoms with Gasteiger partial charge in [0, 0.05) is 19.0 Å². The van der Waals surface area contributed by atoms with Crippen LogP contribution in [0.1, 0.15) is 33.6 Å². The van der Waals surface area contributed by atoms with Crippen LogP contribution in [0.5, 0.6) is 0 Å². The molecule has 1 aliphatic heterocycles. The summed E-state index contributed by atoms with van der Waals surface area (Å²) in [5.41, 5.74) is -6.27. The minimum atomic E-state index is -5.84. The van der Waals surface area contributed by atoms with Gasteiger partial charge in [-0.05, 0) is 33.6 Å². The lowest BCUT2D eigenvalue weighted by Gasteiger charge is -2.34. The average Bonchev–Trinajstić information content (AvgIpc) is 2.42. The largest absolute Gasteiger partial charge is 0.523 e. The van der Waals surface area contributed by atoms with Gasteiger partial charge in [0.15, 0.2) is 6.10 Å². The topological polar surface area (TPSA) is 96.7 Å². The molecule has 0 aliphatic carbocycles. The van der Waals surface area contributed by atoms with Crippen LogP contribution in [-0.2, 0) is 19.0 Å². The Morgan fingerprint density at radius 3 is 2.12 bits per heavy atom. The second kappa shape index (κ2) is 7.14. The van der Waals surface area contributed by atoms with Crippen LogP contribution in [0.3, 0.4) is 0 Å². The molecule has 1 saturated heterocycles. The third-order valence-electron chi connectivity index (χ3n) is 3.26. The van der Waals surface area contributed by atoms with E-state index in [2.05, 4.69) is 4.18 Å². The van der Waals surface area contributed by atoms with Gasteiger partial charge < -0.3 is 9.64 Å². The Bertz CT molecular complexity index is 599. The molecule has 0 N–H and O–H groups in total. The van der Waals surface area contributed by atoms with Crippen molar-refractivity contribution < 1.29 is 35.3 Å². The number of alkyl halides is 3. The molecule has 1 rings (SSSR count). The molecule has 138 valence electrons. The van der Waals surface area contributed by atoms with E-state index in [1.807, 2.05) is 0 Å². The van der Waals surface area contributed by atoms with Crippen molar-refractivity contribution in [1.29, 1.82) is 5.26 Å². The van der Waals surface area contributed by atoms with Crippen LogP contribution < -0.4 is 0 Å². The Morgan fingerprint density at radius 2 is 1.75 bits per heavy atom. The zero-order valence-electron chi connectivity index (χ0n) is 13.5. The number of nitrogens with zero attached hydrogens (tertiary/aromatic N) is 2. The van der Waals surface area contributed by atoms with Gasteiger partial charge in [-0.25, -0.2) is 8.98 Å². The molecule has 0 radical (unpaired) electrons. The monoisotopic (exact) mass is 372 g/mol. The molecular formula is C13H19F3N2O5S. The molecule has 0 aromatic carbocycles. The third kappa shape index (κ3) is 5.52. The second-order valence-corrected chi connectivity index (χ2v) is 7.91. The molecule has 0 bridgehead atoms. The van der Waals surface area contributed by atoms with Crippen LogP contribution in [0.2, 0.25) is 0 Å². The number of ether oxygens (including phenoxy) is 1. The first-order valence-electron chi connectivity index (χ1n) is 7.14. The average molecular weight is 372 g/mol. The van der Waals surface area contributed by atoms with Crippen molar-refractivity contribution in [2.45, 2.75) is 50.8 Å². The number of nitriles is 1. The van der Waals surface area contributed by atoms with E-state index in [9.17, 15) is 26.4 Å². The predicted molar refractivity (Wildman–Crippen MR) is 76.0 cm³/mol. The quantitative estimate of drug-likeness (QED) is 0.557. The van der Waals surface area contributed by atoms with Crippen LogP contribution in [0.4, 0.5) is 18.0 Å². The van der Waals surface area contributed by atoms with E-state index in [1.54, 1.807) is 20.8 Å². The van der Waals surface area contributed by atoms with Crippen molar-refractivity contribution in [1.82, 2.24) is 4.90 Å². The number of hydrogen-bond acceptors (Lipinski definition) is 6. The summed E-state index contributed by atoms with van der Waals surface area (Å²) in [6.07, 6.45) is -2.06. The highest BCUT2D eigenvalue weighted by atomic mass is 32.2. The minimum absolute atomic E-state index is 0.130. The smallest absolute Gasteiger partial charge is 0.444 e. The van der Waals surface area contributed by atoms with Crippen molar-refractivity contribution in [3.05, 3.63) is 0 Å². The number of piperidine rings is 1. The molecule has 1 aliphatic rings. The number of rotatable bonds is 3. The van der Waals surface area contributed by atoms with Crippen molar-refractivity contribution in [3.8, 4) is 6.07 Å². The highest BCUT2D eigenvalue weighted by Crippen LogP contribution is 2.30. The Labute approximate surface area is 138 Å². The number of likely N-dealkylation sites (tertiary alicyclic amines) is 1. The van der Waals surface area contributed by atoms with Gasteiger partial charge in [0.2, 0.25) is 0 Å². The van der Waals surface area contributed by atoms with E-state index in [1.165, 1.54) is 11.0 Å². The molecule has 7 nitrogen and oxygen atoms in total. The maximum absolute atomic E-state index is 12.3. The summed E-state index contributed by atoms with van der Waals surface area (Å²) in [5, 5.41) is 8.92. The van der Waals surface area contributed by atoms with Crippen LogP contribution in [0, 0.1) is 17.2 Å². The van der Waals surface area contributed by atoms with Crippen molar-refractivity contribution in [2.24, 2.45) is 5.92 Å². The molecule has 0 aromatic rings. The first-order chi connectivity index (χ1) is 10.8. The fraction of sp³-hybridized carbons (Fsp3) is 0.846. The van der Waals surface area contributed by atoms with E-state index in [0.29, 0.717) is 0 Å². The second-order valence-electron chi connectivity index (χ2n) is 6.35. The molecule has 0 saturated carbocycles. The Kier molecular flexibility index (Phi) is 6.10. The van der Waals surface area contributed by atoms with Crippen LogP contribution >= 0.6 is 0 Å². The van der Waals surface area contributed by atoms with Gasteiger partial charge in [0.05, 0.1) is 6.07 Å². The molecule has 11 heteroatoms. The van der Waals surface area contributed by atoms with Gasteiger partial charge >= 0.3 is 21.7 Å². The van der Waals surface area contributed by atoms with Gasteiger partial charge in [0.25, 0.3) is 0 Å². The summed E-state index contributed by atoms with van der Waals surface area (Å²) in [6.45, 7) is 5.35. The zero-order valence-corrected chi connectivity index (χ0v) is 14.3. The number of carbonyl (C=O) groups is 1. The summed E-state index contributed by atoms with van der Waals surface area (Å²) in [7, 11) is -5.84. The van der Waals surface area contributed by atoms with Crippen LogP contribution in [0.15, 0.2) is 0 Å². The zero-order chi connectivity index (χ0) is 18.8. The lowest BCUT2D eigenvalue weighted by atomic mass is 9.92. The third-order valence-corrected chi connectivity index (χ3v) is 4.29. The Balaban J connectivity index is 2.66. The number of carbonyl (C=O) groups excluding carboxylic acids is 1. The standard InChI is InChI=1S/C13H19F3N2O5S/c1-12(2,3)22-11(19)18-6-4-9(5-7-18)10(8-17)23-24(20,21)13(14,15)16/h9-10H,4-7H2,1-3H3. The van der Waals surface area contributed by atoms with Gasteiger partial charge in [-0.3, -0.25) is 0 Å². The summed E-state index contributed by atoms with van der Waals surface area (Å²) < 4.78 is 68.2. The van der Waals surface area contributed by atoms with Crippen LogP contribution in [0.25, 0.3) is 0 Å². The summed E-state index contributed by atoms with van der Waals surface area (Å²) >= 11 is 0. The molecule has 1 unspecified atom stereocenters. The molecule has 1 atom stereocenters. The predicted octanol–water partition coefficient (Wildman–Crippen LogP) is 2.39. The molecule has 24 heavy (non-hydrogen) atoms. The van der Waals surface area contributed by atoms with Crippen molar-refractivity contribution in [2.75, 3.05) is 13.1 Å². The van der Waals surface area contributed by atoms with Crippen LogP contribution in [-0.4, -0.2) is 49.7 Å². The van der Waals surface area contributed by atoms with Crippen molar-refractivity contribution >= 4 is 16.2 Å². The molecule has 0 aromatic heterocycles. The normalized spacial score (nSPS) is 18.8. The van der Waals surface area contributed by atoms with Gasteiger partial charge in [0.1, 0.15) is 5.60 Å². The molecule has 1 heterocycles. The van der Waals surface area contributed by atoms with Crippen molar-refractivity contribution in [3.63, 3.8) is 0 Å². The summed E-state index contributed by atoms with van der Waals surface area (Å²) in [6, 6.07) is 1.45. The van der Waals surface area contributed by atoms with Gasteiger partial charge in [-0.1, -0.05) is 0 Å². The molecule has 1 amide bonds.